The Kier molecular flexibility index (Phi) is 7.40. The number of hydrogen-bond acceptors (Lipinski definition) is 8. The Morgan fingerprint density at radius 2 is 1.80 bits per heavy atom. The third-order valence-corrected chi connectivity index (χ3v) is 8.45. The maximum Gasteiger partial charge on any atom is 0.221 e. The molecule has 1 N–H and O–H groups in total. The molecule has 2 aromatic heterocycles. The van der Waals surface area contributed by atoms with E-state index < -0.39 is 11.0 Å². The fraction of sp³-hybridized carbons (Fsp3) is 0.458. The molecule has 2 aliphatic heterocycles. The average Bonchev–Trinajstić information content (AvgIpc) is 3.26. The molecule has 0 spiro atoms. The van der Waals surface area contributed by atoms with E-state index in [2.05, 4.69) is 21.2 Å². The number of nitrogens with one attached hydrogen (secondary N) is 1. The minimum atomic E-state index is -0.903. The summed E-state index contributed by atoms with van der Waals surface area (Å²) in [6, 6.07) is 9.83. The van der Waals surface area contributed by atoms with Crippen LogP contribution in [-0.4, -0.2) is 88.0 Å². The zero-order valence-electron chi connectivity index (χ0n) is 20.0. The summed E-state index contributed by atoms with van der Waals surface area (Å²) in [5.74, 6) is 1.54. The number of hydrogen-bond donors (Lipinski definition) is 1. The number of carbonyl (C=O) groups is 1. The van der Waals surface area contributed by atoms with Crippen molar-refractivity contribution >= 4 is 50.0 Å². The first-order valence-electron chi connectivity index (χ1n) is 11.8. The molecule has 0 aliphatic carbocycles. The first-order valence-corrected chi connectivity index (χ1v) is 14.1. The van der Waals surface area contributed by atoms with Crippen molar-refractivity contribution in [3.8, 4) is 11.4 Å². The summed E-state index contributed by atoms with van der Waals surface area (Å²) in [6.45, 7) is 8.79. The molecule has 2 aliphatic rings. The molecular weight excluding hydrogens is 484 g/mol. The second-order valence-electron chi connectivity index (χ2n) is 8.78. The Morgan fingerprint density at radius 3 is 2.46 bits per heavy atom. The molecule has 0 bridgehead atoms. The fourth-order valence-electron chi connectivity index (χ4n) is 4.43. The van der Waals surface area contributed by atoms with Crippen LogP contribution in [0.4, 0.5) is 11.5 Å². The molecule has 0 radical (unpaired) electrons. The van der Waals surface area contributed by atoms with Crippen LogP contribution in [0.3, 0.4) is 0 Å². The Morgan fingerprint density at radius 1 is 1.09 bits per heavy atom. The summed E-state index contributed by atoms with van der Waals surface area (Å²) in [6.07, 6.45) is 1.75. The molecule has 11 heteroatoms. The summed E-state index contributed by atoms with van der Waals surface area (Å²) in [7, 11) is -0.903. The molecule has 1 aromatic carbocycles. The molecule has 1 amide bonds. The van der Waals surface area contributed by atoms with E-state index in [4.69, 9.17) is 14.7 Å². The summed E-state index contributed by atoms with van der Waals surface area (Å²) in [5.41, 5.74) is 2.61. The largest absolute Gasteiger partial charge is 0.378 e. The lowest BCUT2D eigenvalue weighted by atomic mass is 10.2. The molecule has 1 atom stereocenters. The molecule has 3 aromatic rings. The van der Waals surface area contributed by atoms with Gasteiger partial charge in [0.25, 0.3) is 0 Å². The van der Waals surface area contributed by atoms with Crippen LogP contribution in [-0.2, 0) is 27.1 Å². The number of aromatic nitrogens is 2. The van der Waals surface area contributed by atoms with Gasteiger partial charge in [0.1, 0.15) is 0 Å². The standard InChI is InChI=1S/C24H30N6O3S2/c1-17(31)25-19-5-3-18(4-6-19)23-26-21-15-20(16-28-7-9-30(10-8-28)35(2)32)34-22(21)24(27-23)29-11-13-33-14-12-29/h3-6,15H,7-14,16H2,1-2H3,(H,25,31). The molecule has 2 fully saturated rings. The number of fused-ring (bicyclic) bond motifs is 1. The molecule has 4 heterocycles. The molecule has 5 rings (SSSR count). The first-order chi connectivity index (χ1) is 17.0. The summed E-state index contributed by atoms with van der Waals surface area (Å²) < 4.78 is 20.5. The van der Waals surface area contributed by atoms with Crippen molar-refractivity contribution in [1.82, 2.24) is 19.2 Å². The number of carbonyl (C=O) groups excluding carboxylic acids is 1. The highest BCUT2D eigenvalue weighted by molar-refractivity contribution is 7.81. The second kappa shape index (κ2) is 10.7. The van der Waals surface area contributed by atoms with E-state index in [1.165, 1.54) is 11.8 Å². The van der Waals surface area contributed by atoms with Crippen molar-refractivity contribution in [3.05, 3.63) is 35.2 Å². The highest BCUT2D eigenvalue weighted by Gasteiger charge is 2.23. The number of piperazine rings is 1. The molecule has 1 unspecified atom stereocenters. The van der Waals surface area contributed by atoms with Gasteiger partial charge in [0, 0.05) is 75.1 Å². The zero-order chi connectivity index (χ0) is 24.4. The van der Waals surface area contributed by atoms with Gasteiger partial charge >= 0.3 is 0 Å². The highest BCUT2D eigenvalue weighted by atomic mass is 32.2. The third-order valence-electron chi connectivity index (χ3n) is 6.25. The molecule has 0 saturated carbocycles. The summed E-state index contributed by atoms with van der Waals surface area (Å²) in [5, 5.41) is 2.80. The van der Waals surface area contributed by atoms with Gasteiger partial charge in [-0.05, 0) is 30.3 Å². The summed E-state index contributed by atoms with van der Waals surface area (Å²) >= 11 is 1.76. The van der Waals surface area contributed by atoms with Crippen molar-refractivity contribution in [3.63, 3.8) is 0 Å². The first kappa shape index (κ1) is 24.3. The van der Waals surface area contributed by atoms with Gasteiger partial charge in [-0.2, -0.15) is 0 Å². The van der Waals surface area contributed by atoms with E-state index in [0.717, 1.165) is 73.1 Å². The fourth-order valence-corrected chi connectivity index (χ4v) is 6.26. The minimum Gasteiger partial charge on any atom is -0.378 e. The normalized spacial score (nSPS) is 18.6. The number of morpholine rings is 1. The molecular formula is C24H30N6O3S2. The van der Waals surface area contributed by atoms with E-state index >= 15 is 0 Å². The van der Waals surface area contributed by atoms with Crippen LogP contribution in [0.5, 0.6) is 0 Å². The van der Waals surface area contributed by atoms with Gasteiger partial charge in [0.05, 0.1) is 34.4 Å². The number of anilines is 2. The predicted molar refractivity (Wildman–Crippen MR) is 141 cm³/mol. The lowest BCUT2D eigenvalue weighted by Gasteiger charge is -2.32. The predicted octanol–water partition coefficient (Wildman–Crippen LogP) is 2.56. The topological polar surface area (TPSA) is 90.9 Å². The van der Waals surface area contributed by atoms with Crippen LogP contribution in [0.2, 0.25) is 0 Å². The quantitative estimate of drug-likeness (QED) is 0.541. The highest BCUT2D eigenvalue weighted by Crippen LogP contribution is 2.35. The lowest BCUT2D eigenvalue weighted by molar-refractivity contribution is -0.114. The number of nitrogens with zero attached hydrogens (tertiary/aromatic N) is 5. The van der Waals surface area contributed by atoms with Gasteiger partial charge in [-0.1, -0.05) is 0 Å². The second-order valence-corrected chi connectivity index (χ2v) is 11.3. The van der Waals surface area contributed by atoms with E-state index in [0.29, 0.717) is 19.0 Å². The smallest absolute Gasteiger partial charge is 0.221 e. The molecule has 35 heavy (non-hydrogen) atoms. The van der Waals surface area contributed by atoms with Gasteiger partial charge in [-0.25, -0.2) is 18.5 Å². The monoisotopic (exact) mass is 514 g/mol. The van der Waals surface area contributed by atoms with Crippen LogP contribution >= 0.6 is 11.3 Å². The number of rotatable bonds is 6. The van der Waals surface area contributed by atoms with Gasteiger partial charge in [0.2, 0.25) is 5.91 Å². The van der Waals surface area contributed by atoms with Crippen molar-refractivity contribution in [2.24, 2.45) is 0 Å². The molecule has 186 valence electrons. The maximum absolute atomic E-state index is 11.8. The van der Waals surface area contributed by atoms with Crippen LogP contribution in [0.1, 0.15) is 11.8 Å². The Hall–Kier alpha value is -2.44. The minimum absolute atomic E-state index is 0.0970. The zero-order valence-corrected chi connectivity index (χ0v) is 21.7. The van der Waals surface area contributed by atoms with Crippen LogP contribution in [0.25, 0.3) is 21.6 Å². The third kappa shape index (κ3) is 5.70. The Labute approximate surface area is 211 Å². The van der Waals surface area contributed by atoms with Crippen molar-refractivity contribution in [1.29, 1.82) is 0 Å². The van der Waals surface area contributed by atoms with Gasteiger partial charge in [0.15, 0.2) is 11.6 Å². The number of benzene rings is 1. The van der Waals surface area contributed by atoms with Crippen LogP contribution in [0, 0.1) is 0 Å². The van der Waals surface area contributed by atoms with E-state index in [-0.39, 0.29) is 5.91 Å². The SMILES string of the molecule is CC(=O)Nc1ccc(-c2nc(N3CCOCC3)c3sc(CN4CCN(S(C)=O)CC4)cc3n2)cc1. The summed E-state index contributed by atoms with van der Waals surface area (Å²) in [4.78, 5) is 27.2. The van der Waals surface area contributed by atoms with Crippen molar-refractivity contribution in [2.75, 3.05) is 69.0 Å². The number of amides is 1. The average molecular weight is 515 g/mol. The lowest BCUT2D eigenvalue weighted by Crippen LogP contribution is -2.46. The number of thiophene rings is 1. The van der Waals surface area contributed by atoms with Gasteiger partial charge in [-0.3, -0.25) is 9.69 Å². The van der Waals surface area contributed by atoms with Crippen molar-refractivity contribution in [2.45, 2.75) is 13.5 Å². The van der Waals surface area contributed by atoms with E-state index in [1.54, 1.807) is 17.6 Å². The maximum atomic E-state index is 11.8. The molecule has 2 saturated heterocycles. The number of ether oxygens (including phenoxy) is 1. The Balaban J connectivity index is 1.44. The Bertz CT molecular complexity index is 1220. The van der Waals surface area contributed by atoms with Crippen molar-refractivity contribution < 1.29 is 13.7 Å². The van der Waals surface area contributed by atoms with E-state index in [1.807, 2.05) is 28.6 Å². The van der Waals surface area contributed by atoms with Gasteiger partial charge in [-0.15, -0.1) is 11.3 Å². The van der Waals surface area contributed by atoms with Crippen LogP contribution < -0.4 is 10.2 Å². The van der Waals surface area contributed by atoms with Crippen LogP contribution in [0.15, 0.2) is 30.3 Å². The van der Waals surface area contributed by atoms with Gasteiger partial charge < -0.3 is 15.0 Å². The molecule has 9 nitrogen and oxygen atoms in total. The van der Waals surface area contributed by atoms with E-state index in [9.17, 15) is 9.00 Å².